The maximum absolute atomic E-state index is 5.86. The third kappa shape index (κ3) is 5.48. The van der Waals surface area contributed by atoms with E-state index in [1.54, 1.807) is 0 Å². The quantitative estimate of drug-likeness (QED) is 0.686. The van der Waals surface area contributed by atoms with Crippen LogP contribution in [0.3, 0.4) is 0 Å². The van der Waals surface area contributed by atoms with Gasteiger partial charge in [0.25, 0.3) is 0 Å². The van der Waals surface area contributed by atoms with E-state index in [0.29, 0.717) is 12.5 Å². The molecule has 0 fully saturated rings. The molecule has 0 spiro atoms. The fourth-order valence-electron chi connectivity index (χ4n) is 1.89. The Morgan fingerprint density at radius 2 is 1.80 bits per heavy atom. The maximum Gasteiger partial charge on any atom is 0.119 e. The summed E-state index contributed by atoms with van der Waals surface area (Å²) in [5.74, 6) is 1.50. The molecule has 1 nitrogen and oxygen atoms in total. The predicted molar refractivity (Wildman–Crippen MR) is 87.3 cm³/mol. The SMILES string of the molecule is CC.CC(C)C1=CCC=CC(OCc2ccccc2)=C1. The van der Waals surface area contributed by atoms with Crippen LogP contribution < -0.4 is 0 Å². The molecule has 0 atom stereocenters. The highest BCUT2D eigenvalue weighted by molar-refractivity contribution is 5.31. The van der Waals surface area contributed by atoms with Gasteiger partial charge in [0.2, 0.25) is 0 Å². The molecule has 0 radical (unpaired) electrons. The van der Waals surface area contributed by atoms with Crippen LogP contribution >= 0.6 is 0 Å². The van der Waals surface area contributed by atoms with Crippen LogP contribution in [0.1, 0.15) is 39.7 Å². The van der Waals surface area contributed by atoms with Crippen molar-refractivity contribution in [2.45, 2.75) is 40.7 Å². The summed E-state index contributed by atoms with van der Waals surface area (Å²) in [7, 11) is 0. The Morgan fingerprint density at radius 3 is 2.45 bits per heavy atom. The zero-order chi connectivity index (χ0) is 14.8. The average molecular weight is 270 g/mol. The summed E-state index contributed by atoms with van der Waals surface area (Å²) in [5, 5.41) is 0. The number of hydrogen-bond donors (Lipinski definition) is 0. The van der Waals surface area contributed by atoms with Crippen molar-refractivity contribution in [2.24, 2.45) is 5.92 Å². The Labute approximate surface area is 123 Å². The van der Waals surface area contributed by atoms with Gasteiger partial charge in [-0.1, -0.05) is 70.2 Å². The Kier molecular flexibility index (Phi) is 7.49. The monoisotopic (exact) mass is 270 g/mol. The summed E-state index contributed by atoms with van der Waals surface area (Å²) in [6.45, 7) is 9.05. The summed E-state index contributed by atoms with van der Waals surface area (Å²) in [5.41, 5.74) is 2.55. The van der Waals surface area contributed by atoms with Crippen LogP contribution in [0.25, 0.3) is 0 Å². The third-order valence-electron chi connectivity index (χ3n) is 3.00. The first-order valence-electron chi connectivity index (χ1n) is 7.50. The van der Waals surface area contributed by atoms with Crippen LogP contribution in [0.15, 0.2) is 66.0 Å². The van der Waals surface area contributed by atoms with Gasteiger partial charge in [0.15, 0.2) is 0 Å². The zero-order valence-corrected chi connectivity index (χ0v) is 13.1. The molecular formula is C19H26O. The molecular weight excluding hydrogens is 244 g/mol. The normalized spacial score (nSPS) is 13.8. The summed E-state index contributed by atoms with van der Waals surface area (Å²) >= 11 is 0. The molecule has 0 unspecified atom stereocenters. The lowest BCUT2D eigenvalue weighted by atomic mass is 10.0. The van der Waals surface area contributed by atoms with Gasteiger partial charge in [-0.25, -0.2) is 0 Å². The summed E-state index contributed by atoms with van der Waals surface area (Å²) < 4.78 is 5.86. The zero-order valence-electron chi connectivity index (χ0n) is 13.1. The number of benzene rings is 1. The van der Waals surface area contributed by atoms with Crippen LogP contribution in [0.4, 0.5) is 0 Å². The van der Waals surface area contributed by atoms with Crippen molar-refractivity contribution in [1.82, 2.24) is 0 Å². The van der Waals surface area contributed by atoms with Gasteiger partial charge in [-0.05, 0) is 35.6 Å². The maximum atomic E-state index is 5.86. The first-order valence-corrected chi connectivity index (χ1v) is 7.50. The van der Waals surface area contributed by atoms with Crippen molar-refractivity contribution in [1.29, 1.82) is 0 Å². The Hall–Kier alpha value is -1.76. The van der Waals surface area contributed by atoms with Crippen LogP contribution in [-0.4, -0.2) is 0 Å². The highest BCUT2D eigenvalue weighted by atomic mass is 16.5. The van der Waals surface area contributed by atoms with Crippen LogP contribution in [0, 0.1) is 5.92 Å². The predicted octanol–water partition coefficient (Wildman–Crippen LogP) is 5.66. The van der Waals surface area contributed by atoms with E-state index in [4.69, 9.17) is 4.74 Å². The molecule has 0 amide bonds. The van der Waals surface area contributed by atoms with Gasteiger partial charge in [0.1, 0.15) is 12.4 Å². The van der Waals surface area contributed by atoms with Gasteiger partial charge in [0, 0.05) is 0 Å². The molecule has 108 valence electrons. The number of ether oxygens (including phenoxy) is 1. The van der Waals surface area contributed by atoms with Crippen molar-refractivity contribution >= 4 is 0 Å². The molecule has 0 saturated carbocycles. The molecule has 1 heteroatoms. The topological polar surface area (TPSA) is 9.23 Å². The second-order valence-electron chi connectivity index (χ2n) is 4.82. The van der Waals surface area contributed by atoms with Gasteiger partial charge in [0.05, 0.1) is 0 Å². The molecule has 0 saturated heterocycles. The van der Waals surface area contributed by atoms with E-state index in [2.05, 4.69) is 50.3 Å². The lowest BCUT2D eigenvalue weighted by Crippen LogP contribution is -1.95. The minimum absolute atomic E-state index is 0.542. The smallest absolute Gasteiger partial charge is 0.119 e. The van der Waals surface area contributed by atoms with Gasteiger partial charge in [-0.2, -0.15) is 0 Å². The van der Waals surface area contributed by atoms with E-state index in [-0.39, 0.29) is 0 Å². The molecule has 0 heterocycles. The van der Waals surface area contributed by atoms with E-state index in [1.807, 2.05) is 32.0 Å². The van der Waals surface area contributed by atoms with E-state index >= 15 is 0 Å². The fraction of sp³-hybridized carbons (Fsp3) is 0.368. The fourth-order valence-corrected chi connectivity index (χ4v) is 1.89. The lowest BCUT2D eigenvalue weighted by Gasteiger charge is -2.09. The van der Waals surface area contributed by atoms with E-state index in [9.17, 15) is 0 Å². The highest BCUT2D eigenvalue weighted by Crippen LogP contribution is 2.19. The van der Waals surface area contributed by atoms with E-state index in [1.165, 1.54) is 11.1 Å². The molecule has 1 aliphatic carbocycles. The van der Waals surface area contributed by atoms with Gasteiger partial charge in [-0.15, -0.1) is 0 Å². The van der Waals surface area contributed by atoms with E-state index in [0.717, 1.165) is 12.2 Å². The molecule has 0 bridgehead atoms. The minimum Gasteiger partial charge on any atom is -0.489 e. The molecule has 1 aromatic carbocycles. The molecule has 0 aliphatic heterocycles. The van der Waals surface area contributed by atoms with E-state index < -0.39 is 0 Å². The third-order valence-corrected chi connectivity index (χ3v) is 3.00. The Bertz CT molecular complexity index is 464. The number of rotatable bonds is 4. The molecule has 2 rings (SSSR count). The van der Waals surface area contributed by atoms with Gasteiger partial charge >= 0.3 is 0 Å². The molecule has 0 N–H and O–H groups in total. The van der Waals surface area contributed by atoms with Crippen molar-refractivity contribution in [3.63, 3.8) is 0 Å². The molecule has 1 aliphatic rings. The molecule has 0 aromatic heterocycles. The van der Waals surface area contributed by atoms with Crippen LogP contribution in [0.5, 0.6) is 0 Å². The average Bonchev–Trinajstić information content (AvgIpc) is 2.74. The largest absolute Gasteiger partial charge is 0.489 e. The van der Waals surface area contributed by atoms with Gasteiger partial charge < -0.3 is 4.74 Å². The summed E-state index contributed by atoms with van der Waals surface area (Å²) in [4.78, 5) is 0. The summed E-state index contributed by atoms with van der Waals surface area (Å²) in [6.07, 6.45) is 9.61. The minimum atomic E-state index is 0.542. The second-order valence-corrected chi connectivity index (χ2v) is 4.82. The Morgan fingerprint density at radius 1 is 1.10 bits per heavy atom. The first-order chi connectivity index (χ1) is 9.75. The van der Waals surface area contributed by atoms with Crippen LogP contribution in [-0.2, 0) is 11.3 Å². The second kappa shape index (κ2) is 9.19. The first kappa shape index (κ1) is 16.3. The van der Waals surface area contributed by atoms with Crippen LogP contribution in [0.2, 0.25) is 0 Å². The van der Waals surface area contributed by atoms with Crippen molar-refractivity contribution in [3.05, 3.63) is 71.5 Å². The molecule has 1 aromatic rings. The number of allylic oxidation sites excluding steroid dienone is 5. The van der Waals surface area contributed by atoms with Crippen molar-refractivity contribution in [2.75, 3.05) is 0 Å². The molecule has 20 heavy (non-hydrogen) atoms. The lowest BCUT2D eigenvalue weighted by molar-refractivity contribution is 0.211. The van der Waals surface area contributed by atoms with Crippen molar-refractivity contribution < 1.29 is 4.74 Å². The standard InChI is InChI=1S/C17H20O.C2H6/c1-14(2)16-10-6-7-11-17(12-16)18-13-15-8-4-3-5-9-15;1-2/h3-5,7-12,14H,6,13H2,1-2H3;1-2H3. The van der Waals surface area contributed by atoms with Crippen molar-refractivity contribution in [3.8, 4) is 0 Å². The van der Waals surface area contributed by atoms with Gasteiger partial charge in [-0.3, -0.25) is 0 Å². The summed E-state index contributed by atoms with van der Waals surface area (Å²) in [6, 6.07) is 10.3. The number of hydrogen-bond acceptors (Lipinski definition) is 1. The Balaban J connectivity index is 0.000000956. The highest BCUT2D eigenvalue weighted by Gasteiger charge is 2.05.